The number of carbonyl (C=O) groups is 3. The molecule has 0 aromatic heterocycles. The number of aliphatic hydroxyl groups excluding tert-OH is 1. The van der Waals surface area contributed by atoms with Crippen LogP contribution < -0.4 is 9.64 Å². The number of carbonyl (C=O) groups excluding carboxylic acids is 3. The molecule has 1 fully saturated rings. The highest BCUT2D eigenvalue weighted by Crippen LogP contribution is 2.43. The molecule has 1 unspecified atom stereocenters. The van der Waals surface area contributed by atoms with E-state index < -0.39 is 17.7 Å². The van der Waals surface area contributed by atoms with Crippen molar-refractivity contribution < 1.29 is 29.0 Å². The lowest BCUT2D eigenvalue weighted by Crippen LogP contribution is -2.29. The molecule has 1 N–H and O–H groups in total. The van der Waals surface area contributed by atoms with Crippen molar-refractivity contribution in [3.05, 3.63) is 101 Å². The minimum atomic E-state index is -0.845. The van der Waals surface area contributed by atoms with Gasteiger partial charge in [-0.15, -0.1) is 0 Å². The van der Waals surface area contributed by atoms with E-state index in [1.807, 2.05) is 51.1 Å². The van der Waals surface area contributed by atoms with E-state index in [-0.39, 0.29) is 29.1 Å². The van der Waals surface area contributed by atoms with Gasteiger partial charge in [-0.1, -0.05) is 63.2 Å². The molecule has 1 amide bonds. The van der Waals surface area contributed by atoms with E-state index in [0.29, 0.717) is 29.2 Å². The van der Waals surface area contributed by atoms with Crippen LogP contribution in [0.25, 0.3) is 5.76 Å². The first-order valence-corrected chi connectivity index (χ1v) is 12.9. The zero-order chi connectivity index (χ0) is 28.3. The van der Waals surface area contributed by atoms with Gasteiger partial charge in [0.2, 0.25) is 0 Å². The number of benzene rings is 3. The molecule has 7 nitrogen and oxygen atoms in total. The summed E-state index contributed by atoms with van der Waals surface area (Å²) in [7, 11) is 1.59. The van der Waals surface area contributed by atoms with Crippen LogP contribution >= 0.6 is 0 Å². The second-order valence-corrected chi connectivity index (χ2v) is 10.4. The van der Waals surface area contributed by atoms with Gasteiger partial charge in [-0.3, -0.25) is 19.3 Å². The number of hydrogen-bond donors (Lipinski definition) is 1. The quantitative estimate of drug-likeness (QED) is 0.183. The molecule has 1 aliphatic rings. The standard InChI is InChI=1S/C32H33NO6/c1-6-39-26(34)18-20-12-15-23(16-13-20)33-28(21-10-8-7-9-11-21)27(30(36)31(33)37)29(35)22-14-17-25(38-5)24(19-22)32(2,3)4/h7-17,19,28,35H,6,18H2,1-5H3/b29-27-. The summed E-state index contributed by atoms with van der Waals surface area (Å²) in [6.45, 7) is 8.14. The summed E-state index contributed by atoms with van der Waals surface area (Å²) in [5.74, 6) is -1.44. The molecule has 4 rings (SSSR count). The summed E-state index contributed by atoms with van der Waals surface area (Å²) in [6.07, 6.45) is 0.0998. The number of ether oxygens (including phenoxy) is 2. The number of anilines is 1. The molecule has 0 aliphatic carbocycles. The highest BCUT2D eigenvalue weighted by atomic mass is 16.5. The Morgan fingerprint density at radius 1 is 0.974 bits per heavy atom. The zero-order valence-electron chi connectivity index (χ0n) is 22.9. The van der Waals surface area contributed by atoms with E-state index in [2.05, 4.69) is 0 Å². The van der Waals surface area contributed by atoms with E-state index in [1.54, 1.807) is 56.5 Å². The van der Waals surface area contributed by atoms with Gasteiger partial charge in [0.05, 0.1) is 31.8 Å². The van der Waals surface area contributed by atoms with Gasteiger partial charge in [-0.2, -0.15) is 0 Å². The van der Waals surface area contributed by atoms with E-state index in [0.717, 1.165) is 11.1 Å². The maximum Gasteiger partial charge on any atom is 0.310 e. The van der Waals surface area contributed by atoms with Crippen molar-refractivity contribution in [2.75, 3.05) is 18.6 Å². The number of esters is 1. The number of Topliss-reactive ketones (excluding diaryl/α,β-unsaturated/α-hetero) is 1. The van der Waals surface area contributed by atoms with Gasteiger partial charge >= 0.3 is 5.97 Å². The highest BCUT2D eigenvalue weighted by Gasteiger charge is 2.47. The lowest BCUT2D eigenvalue weighted by Gasteiger charge is -2.26. The first-order chi connectivity index (χ1) is 18.6. The molecule has 1 heterocycles. The van der Waals surface area contributed by atoms with Crippen LogP contribution in [0.1, 0.15) is 56.0 Å². The predicted octanol–water partition coefficient (Wildman–Crippen LogP) is 5.72. The maximum absolute atomic E-state index is 13.5. The fraction of sp³-hybridized carbons (Fsp3) is 0.281. The Balaban J connectivity index is 1.83. The Morgan fingerprint density at radius 2 is 1.64 bits per heavy atom. The average Bonchev–Trinajstić information content (AvgIpc) is 3.18. The predicted molar refractivity (Wildman–Crippen MR) is 150 cm³/mol. The smallest absolute Gasteiger partial charge is 0.310 e. The maximum atomic E-state index is 13.5. The first-order valence-electron chi connectivity index (χ1n) is 12.9. The van der Waals surface area contributed by atoms with Gasteiger partial charge in [0.15, 0.2) is 0 Å². The molecule has 1 aliphatic heterocycles. The summed E-state index contributed by atoms with van der Waals surface area (Å²) in [5.41, 5.74) is 2.87. The number of rotatable bonds is 7. The van der Waals surface area contributed by atoms with Gasteiger partial charge in [-0.05, 0) is 53.8 Å². The lowest BCUT2D eigenvalue weighted by molar-refractivity contribution is -0.142. The van der Waals surface area contributed by atoms with Gasteiger partial charge in [0.25, 0.3) is 11.7 Å². The topological polar surface area (TPSA) is 93.1 Å². The summed E-state index contributed by atoms with van der Waals surface area (Å²) in [4.78, 5) is 40.2. The average molecular weight is 528 g/mol. The number of aliphatic hydroxyl groups is 1. The Morgan fingerprint density at radius 3 is 2.23 bits per heavy atom. The molecule has 1 atom stereocenters. The van der Waals surface area contributed by atoms with Gasteiger partial charge < -0.3 is 14.6 Å². The molecular formula is C32H33NO6. The molecular weight excluding hydrogens is 494 g/mol. The molecule has 202 valence electrons. The van der Waals surface area contributed by atoms with E-state index >= 15 is 0 Å². The summed E-state index contributed by atoms with van der Waals surface area (Å²) in [5, 5.41) is 11.5. The van der Waals surface area contributed by atoms with Crippen molar-refractivity contribution in [1.82, 2.24) is 0 Å². The molecule has 0 bridgehead atoms. The fourth-order valence-corrected chi connectivity index (χ4v) is 4.80. The van der Waals surface area contributed by atoms with Crippen LogP contribution in [0, 0.1) is 0 Å². The second kappa shape index (κ2) is 11.2. The first kappa shape index (κ1) is 27.6. The Kier molecular flexibility index (Phi) is 7.90. The Labute approximate surface area is 228 Å². The number of methoxy groups -OCH3 is 1. The highest BCUT2D eigenvalue weighted by molar-refractivity contribution is 6.51. The molecule has 0 radical (unpaired) electrons. The summed E-state index contributed by atoms with van der Waals surface area (Å²) >= 11 is 0. The minimum Gasteiger partial charge on any atom is -0.507 e. The fourth-order valence-electron chi connectivity index (χ4n) is 4.80. The van der Waals surface area contributed by atoms with Crippen LogP contribution in [-0.2, 0) is 31.0 Å². The molecule has 0 saturated carbocycles. The van der Waals surface area contributed by atoms with Crippen LogP contribution in [0.15, 0.2) is 78.4 Å². The number of hydrogen-bond acceptors (Lipinski definition) is 6. The van der Waals surface area contributed by atoms with Crippen LogP contribution in [0.2, 0.25) is 0 Å². The lowest BCUT2D eigenvalue weighted by atomic mass is 9.84. The summed E-state index contributed by atoms with van der Waals surface area (Å²) in [6, 6.07) is 20.4. The minimum absolute atomic E-state index is 0.00632. The Bertz CT molecular complexity index is 1420. The zero-order valence-corrected chi connectivity index (χ0v) is 22.9. The molecule has 3 aromatic rings. The van der Waals surface area contributed by atoms with Gasteiger partial charge in [-0.25, -0.2) is 0 Å². The van der Waals surface area contributed by atoms with Crippen LogP contribution in [0.4, 0.5) is 5.69 Å². The molecule has 39 heavy (non-hydrogen) atoms. The van der Waals surface area contributed by atoms with Crippen LogP contribution in [0.5, 0.6) is 5.75 Å². The number of nitrogens with zero attached hydrogens (tertiary/aromatic N) is 1. The molecule has 7 heteroatoms. The monoisotopic (exact) mass is 527 g/mol. The van der Waals surface area contributed by atoms with Crippen LogP contribution in [-0.4, -0.2) is 36.5 Å². The largest absolute Gasteiger partial charge is 0.507 e. The van der Waals surface area contributed by atoms with Crippen molar-refractivity contribution >= 4 is 29.1 Å². The van der Waals surface area contributed by atoms with Crippen molar-refractivity contribution in [2.24, 2.45) is 0 Å². The van der Waals surface area contributed by atoms with Crippen molar-refractivity contribution in [2.45, 2.75) is 45.6 Å². The molecule has 3 aromatic carbocycles. The van der Waals surface area contributed by atoms with Crippen LogP contribution in [0.3, 0.4) is 0 Å². The van der Waals surface area contributed by atoms with Crippen molar-refractivity contribution in [3.8, 4) is 5.75 Å². The van der Waals surface area contributed by atoms with Crippen molar-refractivity contribution in [3.63, 3.8) is 0 Å². The third-order valence-corrected chi connectivity index (χ3v) is 6.71. The third kappa shape index (κ3) is 5.58. The third-order valence-electron chi connectivity index (χ3n) is 6.71. The van der Waals surface area contributed by atoms with Gasteiger partial charge in [0.1, 0.15) is 11.5 Å². The Hall–Kier alpha value is -4.39. The van der Waals surface area contributed by atoms with Gasteiger partial charge in [0, 0.05) is 16.8 Å². The number of amides is 1. The SMILES string of the molecule is CCOC(=O)Cc1ccc(N2C(=O)C(=O)/C(=C(\O)c3ccc(OC)c(C(C)(C)C)c3)C2c2ccccc2)cc1. The van der Waals surface area contributed by atoms with E-state index in [4.69, 9.17) is 9.47 Å². The van der Waals surface area contributed by atoms with Crippen molar-refractivity contribution in [1.29, 1.82) is 0 Å². The summed E-state index contributed by atoms with van der Waals surface area (Å²) < 4.78 is 10.5. The normalized spacial score (nSPS) is 16.8. The second-order valence-electron chi connectivity index (χ2n) is 10.4. The van der Waals surface area contributed by atoms with E-state index in [9.17, 15) is 19.5 Å². The molecule has 0 spiro atoms. The number of ketones is 1. The molecule has 1 saturated heterocycles. The van der Waals surface area contributed by atoms with E-state index in [1.165, 1.54) is 4.90 Å².